The lowest BCUT2D eigenvalue weighted by Crippen LogP contribution is -2.49. The molecule has 1 atom stereocenters. The monoisotopic (exact) mass is 378 g/mol. The number of pyridine rings is 1. The molecule has 1 saturated carbocycles. The SMILES string of the molecule is CN1CCN(C(=O)c2nc(C3CC3)n3ccccc23)CC1c1ccc(F)cc1. The van der Waals surface area contributed by atoms with Crippen molar-refractivity contribution in [2.24, 2.45) is 0 Å². The predicted molar refractivity (Wildman–Crippen MR) is 105 cm³/mol. The number of hydrogen-bond donors (Lipinski definition) is 0. The average molecular weight is 378 g/mol. The highest BCUT2D eigenvalue weighted by Crippen LogP contribution is 2.40. The number of halogens is 1. The van der Waals surface area contributed by atoms with Gasteiger partial charge in [-0.05, 0) is 49.7 Å². The molecule has 0 bridgehead atoms. The molecular weight excluding hydrogens is 355 g/mol. The fourth-order valence-corrected chi connectivity index (χ4v) is 4.10. The van der Waals surface area contributed by atoms with Crippen LogP contribution in [0.5, 0.6) is 0 Å². The first kappa shape index (κ1) is 17.4. The van der Waals surface area contributed by atoms with Crippen molar-refractivity contribution in [1.82, 2.24) is 19.2 Å². The minimum atomic E-state index is -0.243. The van der Waals surface area contributed by atoms with Crippen LogP contribution in [-0.4, -0.2) is 51.8 Å². The molecule has 3 aromatic rings. The quantitative estimate of drug-likeness (QED) is 0.701. The molecular formula is C22H23FN4O. The summed E-state index contributed by atoms with van der Waals surface area (Å²) in [5, 5.41) is 0. The van der Waals surface area contributed by atoms with Gasteiger partial charge in [0.15, 0.2) is 5.69 Å². The van der Waals surface area contributed by atoms with E-state index in [0.29, 0.717) is 24.7 Å². The molecule has 2 aromatic heterocycles. The number of imidazole rings is 1. The van der Waals surface area contributed by atoms with E-state index in [-0.39, 0.29) is 17.8 Å². The molecule has 2 aliphatic rings. The van der Waals surface area contributed by atoms with Crippen molar-refractivity contribution in [2.75, 3.05) is 26.7 Å². The molecule has 28 heavy (non-hydrogen) atoms. The Balaban J connectivity index is 1.45. The Morgan fingerprint density at radius 2 is 1.89 bits per heavy atom. The molecule has 1 aliphatic carbocycles. The van der Waals surface area contributed by atoms with E-state index in [4.69, 9.17) is 4.98 Å². The van der Waals surface area contributed by atoms with Gasteiger partial charge in [-0.2, -0.15) is 0 Å². The van der Waals surface area contributed by atoms with Crippen LogP contribution >= 0.6 is 0 Å². The molecule has 0 radical (unpaired) electrons. The molecule has 1 aromatic carbocycles. The highest BCUT2D eigenvalue weighted by Gasteiger charge is 2.34. The molecule has 1 amide bonds. The summed E-state index contributed by atoms with van der Waals surface area (Å²) < 4.78 is 15.4. The number of nitrogens with zero attached hydrogens (tertiary/aromatic N) is 4. The Kier molecular flexibility index (Phi) is 4.16. The first-order valence-corrected chi connectivity index (χ1v) is 9.84. The highest BCUT2D eigenvalue weighted by atomic mass is 19.1. The third kappa shape index (κ3) is 2.98. The van der Waals surface area contributed by atoms with Crippen molar-refractivity contribution < 1.29 is 9.18 Å². The van der Waals surface area contributed by atoms with Crippen LogP contribution in [0.2, 0.25) is 0 Å². The number of likely N-dealkylation sites (N-methyl/N-ethyl adjacent to an activating group) is 1. The molecule has 1 aliphatic heterocycles. The van der Waals surface area contributed by atoms with Crippen LogP contribution in [0.4, 0.5) is 4.39 Å². The molecule has 3 heterocycles. The lowest BCUT2D eigenvalue weighted by atomic mass is 10.0. The zero-order valence-electron chi connectivity index (χ0n) is 15.9. The second-order valence-electron chi connectivity index (χ2n) is 7.85. The van der Waals surface area contributed by atoms with Gasteiger partial charge in [-0.3, -0.25) is 9.69 Å². The van der Waals surface area contributed by atoms with Gasteiger partial charge >= 0.3 is 0 Å². The van der Waals surface area contributed by atoms with Crippen molar-refractivity contribution in [3.8, 4) is 0 Å². The van der Waals surface area contributed by atoms with Gasteiger partial charge in [-0.25, -0.2) is 9.37 Å². The number of aromatic nitrogens is 2. The van der Waals surface area contributed by atoms with Crippen LogP contribution in [-0.2, 0) is 0 Å². The lowest BCUT2D eigenvalue weighted by molar-refractivity contribution is 0.0543. The Bertz CT molecular complexity index is 1020. The third-order valence-corrected chi connectivity index (χ3v) is 5.91. The number of piperazine rings is 1. The zero-order valence-corrected chi connectivity index (χ0v) is 15.9. The van der Waals surface area contributed by atoms with Gasteiger partial charge in [0.1, 0.15) is 11.6 Å². The van der Waals surface area contributed by atoms with Gasteiger partial charge in [0.2, 0.25) is 0 Å². The Morgan fingerprint density at radius 1 is 1.11 bits per heavy atom. The molecule has 1 saturated heterocycles. The number of carbonyl (C=O) groups is 1. The summed E-state index contributed by atoms with van der Waals surface area (Å²) in [6.07, 6.45) is 4.28. The summed E-state index contributed by atoms with van der Waals surface area (Å²) in [4.78, 5) is 22.3. The first-order valence-electron chi connectivity index (χ1n) is 9.84. The lowest BCUT2D eigenvalue weighted by Gasteiger charge is -2.39. The highest BCUT2D eigenvalue weighted by molar-refractivity contribution is 5.99. The van der Waals surface area contributed by atoms with Crippen molar-refractivity contribution in [2.45, 2.75) is 24.8 Å². The second kappa shape index (κ2) is 6.71. The summed E-state index contributed by atoms with van der Waals surface area (Å²) >= 11 is 0. The number of carbonyl (C=O) groups excluding carboxylic acids is 1. The summed E-state index contributed by atoms with van der Waals surface area (Å²) in [6.45, 7) is 2.01. The molecule has 144 valence electrons. The number of rotatable bonds is 3. The van der Waals surface area contributed by atoms with E-state index in [0.717, 1.165) is 36.3 Å². The summed E-state index contributed by atoms with van der Waals surface area (Å²) in [5.74, 6) is 1.21. The van der Waals surface area contributed by atoms with Crippen molar-refractivity contribution in [3.05, 3.63) is 71.6 Å². The Morgan fingerprint density at radius 3 is 2.64 bits per heavy atom. The maximum absolute atomic E-state index is 13.4. The van der Waals surface area contributed by atoms with Crippen LogP contribution in [0.15, 0.2) is 48.7 Å². The second-order valence-corrected chi connectivity index (χ2v) is 7.85. The van der Waals surface area contributed by atoms with E-state index >= 15 is 0 Å². The Hall–Kier alpha value is -2.73. The van der Waals surface area contributed by atoms with Crippen LogP contribution in [0.3, 0.4) is 0 Å². The summed E-state index contributed by atoms with van der Waals surface area (Å²) in [5.41, 5.74) is 2.45. The molecule has 0 spiro atoms. The fourth-order valence-electron chi connectivity index (χ4n) is 4.10. The normalized spacial score (nSPS) is 20.6. The zero-order chi connectivity index (χ0) is 19.3. The average Bonchev–Trinajstić information content (AvgIpc) is 3.49. The number of fused-ring (bicyclic) bond motifs is 1. The van der Waals surface area contributed by atoms with E-state index in [1.54, 1.807) is 0 Å². The summed E-state index contributed by atoms with van der Waals surface area (Å²) in [6, 6.07) is 12.5. The molecule has 6 heteroatoms. The molecule has 1 unspecified atom stereocenters. The van der Waals surface area contributed by atoms with Gasteiger partial charge in [0.05, 0.1) is 11.6 Å². The Labute approximate surface area is 163 Å². The van der Waals surface area contributed by atoms with E-state index in [9.17, 15) is 9.18 Å². The van der Waals surface area contributed by atoms with E-state index < -0.39 is 0 Å². The first-order chi connectivity index (χ1) is 13.6. The molecule has 5 rings (SSSR count). The van der Waals surface area contributed by atoms with Crippen LogP contribution < -0.4 is 0 Å². The maximum Gasteiger partial charge on any atom is 0.274 e. The predicted octanol–water partition coefficient (Wildman–Crippen LogP) is 3.48. The number of amides is 1. The number of hydrogen-bond acceptors (Lipinski definition) is 3. The minimum absolute atomic E-state index is 0.0178. The molecule has 0 N–H and O–H groups in total. The minimum Gasteiger partial charge on any atom is -0.334 e. The van der Waals surface area contributed by atoms with E-state index in [2.05, 4.69) is 9.30 Å². The van der Waals surface area contributed by atoms with Gasteiger partial charge < -0.3 is 9.30 Å². The van der Waals surface area contributed by atoms with E-state index in [1.807, 2.05) is 48.5 Å². The van der Waals surface area contributed by atoms with Crippen LogP contribution in [0.25, 0.3) is 5.52 Å². The molecule has 2 fully saturated rings. The van der Waals surface area contributed by atoms with Gasteiger partial charge in [-0.15, -0.1) is 0 Å². The standard InChI is InChI=1S/C22H23FN4O/c1-25-12-13-26(14-19(25)15-7-9-17(23)10-8-15)22(28)20-18-4-2-3-11-27(18)21(24-20)16-5-6-16/h2-4,7-11,16,19H,5-6,12-14H2,1H3. The maximum atomic E-state index is 13.4. The smallest absolute Gasteiger partial charge is 0.274 e. The third-order valence-electron chi connectivity index (χ3n) is 5.91. The van der Waals surface area contributed by atoms with E-state index in [1.165, 1.54) is 12.1 Å². The van der Waals surface area contributed by atoms with Crippen molar-refractivity contribution in [1.29, 1.82) is 0 Å². The van der Waals surface area contributed by atoms with Gasteiger partial charge in [0, 0.05) is 31.7 Å². The fraction of sp³-hybridized carbons (Fsp3) is 0.364. The van der Waals surface area contributed by atoms with Crippen molar-refractivity contribution in [3.63, 3.8) is 0 Å². The largest absolute Gasteiger partial charge is 0.334 e. The molecule has 5 nitrogen and oxygen atoms in total. The van der Waals surface area contributed by atoms with Gasteiger partial charge in [-0.1, -0.05) is 18.2 Å². The van der Waals surface area contributed by atoms with Gasteiger partial charge in [0.25, 0.3) is 5.91 Å². The van der Waals surface area contributed by atoms with Crippen LogP contribution in [0.1, 0.15) is 46.7 Å². The summed E-state index contributed by atoms with van der Waals surface area (Å²) in [7, 11) is 2.05. The van der Waals surface area contributed by atoms with Crippen molar-refractivity contribution >= 4 is 11.4 Å². The van der Waals surface area contributed by atoms with Crippen LogP contribution in [0, 0.1) is 5.82 Å². The number of benzene rings is 1. The topological polar surface area (TPSA) is 40.8 Å².